The van der Waals surface area contributed by atoms with Gasteiger partial charge in [0.05, 0.1) is 0 Å². The maximum atomic E-state index is 10.9. The Morgan fingerprint density at radius 1 is 1.44 bits per heavy atom. The molecule has 16 heavy (non-hydrogen) atoms. The second-order valence-corrected chi connectivity index (χ2v) is 4.77. The fraction of sp³-hybridized carbons (Fsp3) is 0.909. The predicted molar refractivity (Wildman–Crippen MR) is 64.4 cm³/mol. The lowest BCUT2D eigenvalue weighted by atomic mass is 9.99. The van der Waals surface area contributed by atoms with Gasteiger partial charge in [-0.1, -0.05) is 6.42 Å². The molecule has 1 aliphatic heterocycles. The number of hydrogen-bond acceptors (Lipinski definition) is 4. The van der Waals surface area contributed by atoms with E-state index in [0.29, 0.717) is 25.0 Å². The van der Waals surface area contributed by atoms with E-state index >= 15 is 0 Å². The molecule has 0 saturated carbocycles. The second kappa shape index (κ2) is 6.18. The molecule has 0 aromatic heterocycles. The van der Waals surface area contributed by atoms with Crippen molar-refractivity contribution in [3.8, 4) is 0 Å². The molecule has 3 unspecified atom stereocenters. The van der Waals surface area contributed by atoms with E-state index in [0.717, 1.165) is 0 Å². The highest BCUT2D eigenvalue weighted by Crippen LogP contribution is 2.20. The number of amides is 1. The lowest BCUT2D eigenvalue weighted by Gasteiger charge is -2.41. The SMILES string of the molecule is CC1CCCC(C)N1NC(CN)CC(N)=O. The molecular formula is C11H24N4O. The molecule has 5 heteroatoms. The summed E-state index contributed by atoms with van der Waals surface area (Å²) in [4.78, 5) is 10.9. The standard InChI is InChI=1S/C11H24N4O/c1-8-4-3-5-9(2)15(8)14-10(7-12)6-11(13)16/h8-10,14H,3-7,12H2,1-2H3,(H2,13,16). The van der Waals surface area contributed by atoms with Gasteiger partial charge in [-0.15, -0.1) is 0 Å². The van der Waals surface area contributed by atoms with Crippen molar-refractivity contribution in [1.82, 2.24) is 10.4 Å². The number of rotatable bonds is 5. The summed E-state index contributed by atoms with van der Waals surface area (Å²) < 4.78 is 0. The summed E-state index contributed by atoms with van der Waals surface area (Å²) in [6.07, 6.45) is 3.94. The maximum absolute atomic E-state index is 10.9. The summed E-state index contributed by atoms with van der Waals surface area (Å²) in [6.45, 7) is 4.82. The number of hydrazine groups is 1. The second-order valence-electron chi connectivity index (χ2n) is 4.77. The molecule has 1 fully saturated rings. The van der Waals surface area contributed by atoms with Crippen molar-refractivity contribution >= 4 is 5.91 Å². The predicted octanol–water partition coefficient (Wildman–Crippen LogP) is -0.0434. The van der Waals surface area contributed by atoms with E-state index in [1.54, 1.807) is 0 Å². The van der Waals surface area contributed by atoms with Crippen LogP contribution in [0.15, 0.2) is 0 Å². The number of nitrogens with one attached hydrogen (secondary N) is 1. The Labute approximate surface area is 97.5 Å². The lowest BCUT2D eigenvalue weighted by Crippen LogP contribution is -2.57. The number of piperidine rings is 1. The number of carbonyl (C=O) groups is 1. The van der Waals surface area contributed by atoms with E-state index in [9.17, 15) is 4.79 Å². The van der Waals surface area contributed by atoms with Crippen LogP contribution in [0.3, 0.4) is 0 Å². The van der Waals surface area contributed by atoms with Crippen LogP contribution in [0.2, 0.25) is 0 Å². The number of hydrogen-bond donors (Lipinski definition) is 3. The normalized spacial score (nSPS) is 28.9. The van der Waals surface area contributed by atoms with Gasteiger partial charge < -0.3 is 11.5 Å². The van der Waals surface area contributed by atoms with Crippen LogP contribution in [0.1, 0.15) is 39.5 Å². The zero-order valence-electron chi connectivity index (χ0n) is 10.3. The Balaban J connectivity index is 2.51. The Morgan fingerprint density at radius 2 is 2.00 bits per heavy atom. The molecule has 0 aliphatic carbocycles. The molecular weight excluding hydrogens is 204 g/mol. The van der Waals surface area contributed by atoms with Crippen LogP contribution in [0, 0.1) is 0 Å². The van der Waals surface area contributed by atoms with E-state index in [1.807, 2.05) is 0 Å². The van der Waals surface area contributed by atoms with Gasteiger partial charge in [0.2, 0.25) is 5.91 Å². The van der Waals surface area contributed by atoms with Gasteiger partial charge in [0.1, 0.15) is 0 Å². The van der Waals surface area contributed by atoms with E-state index in [-0.39, 0.29) is 11.9 Å². The molecule has 3 atom stereocenters. The molecule has 0 spiro atoms. The van der Waals surface area contributed by atoms with E-state index in [4.69, 9.17) is 11.5 Å². The molecule has 1 rings (SSSR count). The van der Waals surface area contributed by atoms with Crippen LogP contribution < -0.4 is 16.9 Å². The molecule has 0 bridgehead atoms. The highest BCUT2D eigenvalue weighted by atomic mass is 16.1. The molecule has 5 N–H and O–H groups in total. The fourth-order valence-corrected chi connectivity index (χ4v) is 2.31. The van der Waals surface area contributed by atoms with Gasteiger partial charge >= 0.3 is 0 Å². The highest BCUT2D eigenvalue weighted by molar-refractivity contribution is 5.74. The molecule has 0 aromatic carbocycles. The minimum atomic E-state index is -0.305. The van der Waals surface area contributed by atoms with Crippen molar-refractivity contribution in [3.05, 3.63) is 0 Å². The number of carbonyl (C=O) groups excluding carboxylic acids is 1. The lowest BCUT2D eigenvalue weighted by molar-refractivity contribution is -0.119. The average molecular weight is 228 g/mol. The number of primary amides is 1. The molecule has 5 nitrogen and oxygen atoms in total. The molecule has 94 valence electrons. The summed E-state index contributed by atoms with van der Waals surface area (Å²) >= 11 is 0. The smallest absolute Gasteiger partial charge is 0.219 e. The minimum absolute atomic E-state index is 0.0412. The quantitative estimate of drug-likeness (QED) is 0.616. The third-order valence-electron chi connectivity index (χ3n) is 3.26. The van der Waals surface area contributed by atoms with Crippen molar-refractivity contribution in [3.63, 3.8) is 0 Å². The third kappa shape index (κ3) is 3.73. The Bertz CT molecular complexity index is 224. The van der Waals surface area contributed by atoms with Crippen LogP contribution >= 0.6 is 0 Å². The number of nitrogens with two attached hydrogens (primary N) is 2. The van der Waals surface area contributed by atoms with Crippen molar-refractivity contribution < 1.29 is 4.79 Å². The van der Waals surface area contributed by atoms with Gasteiger partial charge in [-0.25, -0.2) is 10.4 Å². The van der Waals surface area contributed by atoms with Crippen LogP contribution in [-0.2, 0) is 4.79 Å². The highest BCUT2D eigenvalue weighted by Gasteiger charge is 2.26. The van der Waals surface area contributed by atoms with Crippen molar-refractivity contribution in [2.24, 2.45) is 11.5 Å². The first-order valence-electron chi connectivity index (χ1n) is 6.07. The fourth-order valence-electron chi connectivity index (χ4n) is 2.31. The van der Waals surface area contributed by atoms with Gasteiger partial charge in [-0.05, 0) is 26.7 Å². The Hall–Kier alpha value is -0.650. The first kappa shape index (κ1) is 13.4. The van der Waals surface area contributed by atoms with E-state index < -0.39 is 0 Å². The van der Waals surface area contributed by atoms with Crippen LogP contribution in [0.25, 0.3) is 0 Å². The third-order valence-corrected chi connectivity index (χ3v) is 3.26. The van der Waals surface area contributed by atoms with Gasteiger partial charge in [0.25, 0.3) is 0 Å². The summed E-state index contributed by atoms with van der Waals surface area (Å²) in [5, 5.41) is 2.23. The first-order chi connectivity index (χ1) is 7.54. The number of nitrogens with zero attached hydrogens (tertiary/aromatic N) is 1. The summed E-state index contributed by atoms with van der Waals surface area (Å²) in [6, 6.07) is 0.942. The molecule has 1 saturated heterocycles. The monoisotopic (exact) mass is 228 g/mol. The van der Waals surface area contributed by atoms with Crippen LogP contribution in [0.5, 0.6) is 0 Å². The Kier molecular flexibility index (Phi) is 5.18. The average Bonchev–Trinajstić information content (AvgIpc) is 2.21. The zero-order valence-corrected chi connectivity index (χ0v) is 10.3. The summed E-state index contributed by atoms with van der Waals surface area (Å²) in [5.74, 6) is -0.305. The molecule has 1 amide bonds. The molecule has 0 aromatic rings. The topological polar surface area (TPSA) is 84.4 Å². The van der Waals surface area contributed by atoms with Crippen molar-refractivity contribution in [2.45, 2.75) is 57.7 Å². The van der Waals surface area contributed by atoms with Gasteiger partial charge in [-0.2, -0.15) is 0 Å². The first-order valence-corrected chi connectivity index (χ1v) is 6.07. The minimum Gasteiger partial charge on any atom is -0.370 e. The van der Waals surface area contributed by atoms with Gasteiger partial charge in [0.15, 0.2) is 0 Å². The van der Waals surface area contributed by atoms with Gasteiger partial charge in [0, 0.05) is 31.1 Å². The molecule has 1 heterocycles. The largest absolute Gasteiger partial charge is 0.370 e. The zero-order chi connectivity index (χ0) is 12.1. The maximum Gasteiger partial charge on any atom is 0.219 e. The summed E-state index contributed by atoms with van der Waals surface area (Å²) in [7, 11) is 0. The Morgan fingerprint density at radius 3 is 2.44 bits per heavy atom. The van der Waals surface area contributed by atoms with Crippen LogP contribution in [-0.4, -0.2) is 35.6 Å². The van der Waals surface area contributed by atoms with Crippen LogP contribution in [0.4, 0.5) is 0 Å². The van der Waals surface area contributed by atoms with Crippen molar-refractivity contribution in [2.75, 3.05) is 6.54 Å². The van der Waals surface area contributed by atoms with Gasteiger partial charge in [-0.3, -0.25) is 4.79 Å². The van der Waals surface area contributed by atoms with Crippen molar-refractivity contribution in [1.29, 1.82) is 0 Å². The molecule has 1 aliphatic rings. The molecule has 0 radical (unpaired) electrons. The van der Waals surface area contributed by atoms with E-state index in [1.165, 1.54) is 19.3 Å². The summed E-state index contributed by atoms with van der Waals surface area (Å²) in [5.41, 5.74) is 14.2. The van der Waals surface area contributed by atoms with E-state index in [2.05, 4.69) is 24.3 Å².